The SMILES string of the molecule is COc1ccc2[nH]cc(C=C3C(=O)Nc4ccc(NC(=O)[C@H](C)N)cc43)c2c1. The van der Waals surface area contributed by atoms with Gasteiger partial charge in [0.2, 0.25) is 5.91 Å². The van der Waals surface area contributed by atoms with Crippen molar-refractivity contribution < 1.29 is 14.3 Å². The minimum absolute atomic E-state index is 0.192. The Hall–Kier alpha value is -3.58. The van der Waals surface area contributed by atoms with Crippen LogP contribution in [0.3, 0.4) is 0 Å². The first kappa shape index (κ1) is 17.8. The second kappa shape index (κ2) is 6.86. The number of amides is 2. The van der Waals surface area contributed by atoms with E-state index in [1.807, 2.05) is 30.5 Å². The molecule has 0 aliphatic carbocycles. The van der Waals surface area contributed by atoms with Crippen LogP contribution in [-0.2, 0) is 9.59 Å². The molecule has 28 heavy (non-hydrogen) atoms. The number of ether oxygens (including phenoxy) is 1. The van der Waals surface area contributed by atoms with E-state index in [-0.39, 0.29) is 11.8 Å². The number of hydrogen-bond acceptors (Lipinski definition) is 4. The topological polar surface area (TPSA) is 109 Å². The van der Waals surface area contributed by atoms with Crippen LogP contribution in [0.2, 0.25) is 0 Å². The van der Waals surface area contributed by atoms with Crippen molar-refractivity contribution in [3.8, 4) is 5.75 Å². The third-order valence-electron chi connectivity index (χ3n) is 4.70. The molecule has 5 N–H and O–H groups in total. The Morgan fingerprint density at radius 3 is 2.82 bits per heavy atom. The van der Waals surface area contributed by atoms with E-state index < -0.39 is 6.04 Å². The van der Waals surface area contributed by atoms with Gasteiger partial charge in [-0.1, -0.05) is 0 Å². The van der Waals surface area contributed by atoms with Gasteiger partial charge in [0.1, 0.15) is 5.75 Å². The van der Waals surface area contributed by atoms with E-state index >= 15 is 0 Å². The number of benzene rings is 2. The molecule has 7 heteroatoms. The number of aromatic amines is 1. The van der Waals surface area contributed by atoms with Gasteiger partial charge in [-0.15, -0.1) is 0 Å². The number of nitrogens with one attached hydrogen (secondary N) is 3. The number of anilines is 2. The smallest absolute Gasteiger partial charge is 0.256 e. The molecule has 1 aliphatic heterocycles. The van der Waals surface area contributed by atoms with Gasteiger partial charge in [-0.2, -0.15) is 0 Å². The highest BCUT2D eigenvalue weighted by Crippen LogP contribution is 2.36. The first-order chi connectivity index (χ1) is 13.5. The maximum atomic E-state index is 12.5. The molecule has 1 atom stereocenters. The van der Waals surface area contributed by atoms with Crippen molar-refractivity contribution in [2.45, 2.75) is 13.0 Å². The fourth-order valence-corrected chi connectivity index (χ4v) is 3.19. The lowest BCUT2D eigenvalue weighted by molar-refractivity contribution is -0.117. The third-order valence-corrected chi connectivity index (χ3v) is 4.70. The number of rotatable bonds is 4. The predicted molar refractivity (Wildman–Crippen MR) is 110 cm³/mol. The molecule has 1 aromatic heterocycles. The van der Waals surface area contributed by atoms with E-state index in [9.17, 15) is 9.59 Å². The number of methoxy groups -OCH3 is 1. The Balaban J connectivity index is 1.76. The zero-order valence-corrected chi connectivity index (χ0v) is 15.5. The summed E-state index contributed by atoms with van der Waals surface area (Å²) < 4.78 is 5.30. The summed E-state index contributed by atoms with van der Waals surface area (Å²) in [6, 6.07) is 10.4. The molecule has 4 rings (SSSR count). The second-order valence-electron chi connectivity index (χ2n) is 6.71. The Kier molecular flexibility index (Phi) is 4.37. The van der Waals surface area contributed by atoms with Gasteiger partial charge in [-0.3, -0.25) is 9.59 Å². The Morgan fingerprint density at radius 1 is 1.25 bits per heavy atom. The molecule has 0 unspecified atom stereocenters. The first-order valence-electron chi connectivity index (χ1n) is 8.85. The van der Waals surface area contributed by atoms with E-state index in [4.69, 9.17) is 10.5 Å². The first-order valence-corrected chi connectivity index (χ1v) is 8.85. The van der Waals surface area contributed by atoms with Gasteiger partial charge in [0.05, 0.1) is 13.2 Å². The van der Waals surface area contributed by atoms with E-state index in [1.54, 1.807) is 32.2 Å². The number of H-pyrrole nitrogens is 1. The quantitative estimate of drug-likeness (QED) is 0.525. The highest BCUT2D eigenvalue weighted by Gasteiger charge is 2.25. The van der Waals surface area contributed by atoms with Gasteiger partial charge in [0, 0.05) is 45.2 Å². The van der Waals surface area contributed by atoms with Gasteiger partial charge in [0.25, 0.3) is 5.91 Å². The highest BCUT2D eigenvalue weighted by atomic mass is 16.5. The van der Waals surface area contributed by atoms with Crippen molar-refractivity contribution >= 4 is 45.7 Å². The third kappa shape index (κ3) is 3.12. The molecule has 0 bridgehead atoms. The fourth-order valence-electron chi connectivity index (χ4n) is 3.19. The van der Waals surface area contributed by atoms with E-state index in [0.29, 0.717) is 16.9 Å². The maximum Gasteiger partial charge on any atom is 0.256 e. The molecule has 2 aromatic carbocycles. The van der Waals surface area contributed by atoms with Crippen LogP contribution < -0.4 is 21.1 Å². The van der Waals surface area contributed by atoms with Crippen molar-refractivity contribution in [2.75, 3.05) is 17.7 Å². The number of carbonyl (C=O) groups is 2. The Bertz CT molecular complexity index is 1130. The zero-order valence-electron chi connectivity index (χ0n) is 15.5. The van der Waals surface area contributed by atoms with Crippen molar-refractivity contribution in [2.24, 2.45) is 5.73 Å². The average Bonchev–Trinajstić information content (AvgIpc) is 3.22. The maximum absolute atomic E-state index is 12.5. The normalized spacial score (nSPS) is 15.4. The summed E-state index contributed by atoms with van der Waals surface area (Å²) in [5.74, 6) is 0.262. The number of nitrogens with two attached hydrogens (primary N) is 1. The lowest BCUT2D eigenvalue weighted by Crippen LogP contribution is -2.32. The van der Waals surface area contributed by atoms with E-state index in [0.717, 1.165) is 27.8 Å². The van der Waals surface area contributed by atoms with Gasteiger partial charge < -0.3 is 26.1 Å². The van der Waals surface area contributed by atoms with Crippen LogP contribution in [0.5, 0.6) is 5.75 Å². The van der Waals surface area contributed by atoms with Crippen LogP contribution in [-0.4, -0.2) is 29.9 Å². The molecule has 7 nitrogen and oxygen atoms in total. The molecule has 3 aromatic rings. The highest BCUT2D eigenvalue weighted by molar-refractivity contribution is 6.35. The van der Waals surface area contributed by atoms with Crippen molar-refractivity contribution in [3.05, 3.63) is 53.7 Å². The van der Waals surface area contributed by atoms with Crippen molar-refractivity contribution in [3.63, 3.8) is 0 Å². The molecule has 2 heterocycles. The van der Waals surface area contributed by atoms with Gasteiger partial charge >= 0.3 is 0 Å². The predicted octanol–water partition coefficient (Wildman–Crippen LogP) is 2.95. The number of fused-ring (bicyclic) bond motifs is 2. The van der Waals surface area contributed by atoms with Crippen LogP contribution in [0.4, 0.5) is 11.4 Å². The van der Waals surface area contributed by atoms with Crippen molar-refractivity contribution in [1.29, 1.82) is 0 Å². The van der Waals surface area contributed by atoms with Gasteiger partial charge in [0.15, 0.2) is 0 Å². The fraction of sp³-hybridized carbons (Fsp3) is 0.143. The summed E-state index contributed by atoms with van der Waals surface area (Å²) in [5, 5.41) is 6.56. The second-order valence-corrected chi connectivity index (χ2v) is 6.71. The van der Waals surface area contributed by atoms with E-state index in [2.05, 4.69) is 15.6 Å². The van der Waals surface area contributed by atoms with Gasteiger partial charge in [-0.05, 0) is 49.4 Å². The molecule has 0 fully saturated rings. The standard InChI is InChI=1S/C21H20N4O3/c1-11(22)20(26)24-13-3-5-19-16(8-13)17(21(27)25-19)7-12-10-23-18-6-4-14(28-2)9-15(12)18/h3-11,23H,22H2,1-2H3,(H,24,26)(H,25,27)/t11-/m0/s1. The van der Waals surface area contributed by atoms with Crippen LogP contribution in [0.15, 0.2) is 42.6 Å². The van der Waals surface area contributed by atoms with Crippen LogP contribution in [0.1, 0.15) is 18.1 Å². The van der Waals surface area contributed by atoms with Crippen LogP contribution in [0, 0.1) is 0 Å². The summed E-state index contributed by atoms with van der Waals surface area (Å²) in [4.78, 5) is 27.6. The summed E-state index contributed by atoms with van der Waals surface area (Å²) in [6.45, 7) is 1.62. The number of hydrogen-bond donors (Lipinski definition) is 4. The molecule has 0 radical (unpaired) electrons. The summed E-state index contributed by atoms with van der Waals surface area (Å²) >= 11 is 0. The molecule has 0 saturated heterocycles. The number of carbonyl (C=O) groups excluding carboxylic acids is 2. The van der Waals surface area contributed by atoms with Crippen LogP contribution >= 0.6 is 0 Å². The molecule has 0 saturated carbocycles. The minimum Gasteiger partial charge on any atom is -0.497 e. The Morgan fingerprint density at radius 2 is 2.07 bits per heavy atom. The van der Waals surface area contributed by atoms with Crippen molar-refractivity contribution in [1.82, 2.24) is 4.98 Å². The molecule has 2 amide bonds. The van der Waals surface area contributed by atoms with E-state index in [1.165, 1.54) is 0 Å². The summed E-state index contributed by atoms with van der Waals surface area (Å²) in [7, 11) is 1.62. The monoisotopic (exact) mass is 376 g/mol. The van der Waals surface area contributed by atoms with Gasteiger partial charge in [-0.25, -0.2) is 0 Å². The zero-order chi connectivity index (χ0) is 19.8. The average molecular weight is 376 g/mol. The lowest BCUT2D eigenvalue weighted by Gasteiger charge is -2.09. The molecular weight excluding hydrogens is 356 g/mol. The largest absolute Gasteiger partial charge is 0.497 e. The minimum atomic E-state index is -0.621. The summed E-state index contributed by atoms with van der Waals surface area (Å²) in [6.07, 6.45) is 3.68. The molecule has 1 aliphatic rings. The lowest BCUT2D eigenvalue weighted by atomic mass is 10.0. The molecule has 142 valence electrons. The summed E-state index contributed by atoms with van der Waals surface area (Å²) in [5.41, 5.74) is 9.97. The molecule has 0 spiro atoms. The number of aromatic nitrogens is 1. The van der Waals surface area contributed by atoms with Crippen LogP contribution in [0.25, 0.3) is 22.6 Å². The molecular formula is C21H20N4O3. The Labute approximate surface area is 161 Å².